The summed E-state index contributed by atoms with van der Waals surface area (Å²) in [6.45, 7) is 0.270. The van der Waals surface area contributed by atoms with E-state index in [4.69, 9.17) is 5.11 Å². The third kappa shape index (κ3) is 3.82. The van der Waals surface area contributed by atoms with Crippen LogP contribution in [0.1, 0.15) is 37.0 Å². The molecule has 1 amide bonds. The zero-order valence-electron chi connectivity index (χ0n) is 11.2. The number of halogens is 1. The van der Waals surface area contributed by atoms with Crippen molar-refractivity contribution < 1.29 is 14.7 Å². The Bertz CT molecular complexity index is 496. The third-order valence-electron chi connectivity index (χ3n) is 3.84. The van der Waals surface area contributed by atoms with Crippen LogP contribution in [0.15, 0.2) is 15.9 Å². The molecular formula is C14H18BrNO3S. The molecule has 0 atom stereocenters. The maximum absolute atomic E-state index is 11.7. The Kier molecular flexibility index (Phi) is 5.21. The van der Waals surface area contributed by atoms with E-state index >= 15 is 0 Å². The van der Waals surface area contributed by atoms with Crippen LogP contribution in [0, 0.1) is 5.41 Å². The zero-order chi connectivity index (χ0) is 14.6. The Labute approximate surface area is 130 Å². The van der Waals surface area contributed by atoms with Crippen LogP contribution in [-0.4, -0.2) is 23.5 Å². The third-order valence-corrected chi connectivity index (χ3v) is 5.53. The van der Waals surface area contributed by atoms with Gasteiger partial charge in [-0.3, -0.25) is 9.59 Å². The molecule has 1 aromatic rings. The SMILES string of the molecule is O=C(CCCc1ccc(Br)s1)NCC1(C(=O)O)CCC1. The minimum absolute atomic E-state index is 0.0480. The highest BCUT2D eigenvalue weighted by Crippen LogP contribution is 2.40. The van der Waals surface area contributed by atoms with E-state index in [0.717, 1.165) is 23.0 Å². The van der Waals surface area contributed by atoms with Gasteiger partial charge in [-0.25, -0.2) is 0 Å². The van der Waals surface area contributed by atoms with Crippen molar-refractivity contribution in [2.45, 2.75) is 38.5 Å². The van der Waals surface area contributed by atoms with Crippen molar-refractivity contribution in [1.29, 1.82) is 0 Å². The first-order chi connectivity index (χ1) is 9.52. The Morgan fingerprint density at radius 1 is 1.40 bits per heavy atom. The molecule has 1 fully saturated rings. The molecule has 1 aliphatic rings. The van der Waals surface area contributed by atoms with E-state index in [9.17, 15) is 9.59 Å². The molecule has 4 nitrogen and oxygen atoms in total. The lowest BCUT2D eigenvalue weighted by molar-refractivity contribution is -0.154. The molecule has 0 aromatic carbocycles. The molecule has 6 heteroatoms. The largest absolute Gasteiger partial charge is 0.481 e. The zero-order valence-corrected chi connectivity index (χ0v) is 13.6. The fourth-order valence-electron chi connectivity index (χ4n) is 2.34. The lowest BCUT2D eigenvalue weighted by atomic mass is 9.69. The summed E-state index contributed by atoms with van der Waals surface area (Å²) in [7, 11) is 0. The van der Waals surface area contributed by atoms with Gasteiger partial charge >= 0.3 is 5.97 Å². The van der Waals surface area contributed by atoms with Crippen molar-refractivity contribution in [3.8, 4) is 0 Å². The summed E-state index contributed by atoms with van der Waals surface area (Å²) in [5, 5.41) is 11.9. The first-order valence-corrected chi connectivity index (χ1v) is 8.37. The molecule has 0 aliphatic heterocycles. The Morgan fingerprint density at radius 2 is 2.15 bits per heavy atom. The molecule has 2 N–H and O–H groups in total. The highest BCUT2D eigenvalue weighted by molar-refractivity contribution is 9.11. The summed E-state index contributed by atoms with van der Waals surface area (Å²) < 4.78 is 1.10. The summed E-state index contributed by atoms with van der Waals surface area (Å²) in [4.78, 5) is 24.2. The van der Waals surface area contributed by atoms with Gasteiger partial charge in [-0.1, -0.05) is 6.42 Å². The van der Waals surface area contributed by atoms with Crippen LogP contribution in [0.3, 0.4) is 0 Å². The molecule has 0 saturated heterocycles. The first-order valence-electron chi connectivity index (χ1n) is 6.76. The van der Waals surface area contributed by atoms with Gasteiger partial charge in [0, 0.05) is 17.8 Å². The number of nitrogens with one attached hydrogen (secondary N) is 1. The lowest BCUT2D eigenvalue weighted by Crippen LogP contribution is -2.47. The normalized spacial score (nSPS) is 16.4. The standard InChI is InChI=1S/C14H18BrNO3S/c15-11-6-5-10(20-11)3-1-4-12(17)16-9-14(13(18)19)7-2-8-14/h5-6H,1-4,7-9H2,(H,16,17)(H,18,19). The van der Waals surface area contributed by atoms with Crippen LogP contribution < -0.4 is 5.32 Å². The monoisotopic (exact) mass is 359 g/mol. The molecular weight excluding hydrogens is 342 g/mol. The van der Waals surface area contributed by atoms with Gasteiger partial charge in [-0.15, -0.1) is 11.3 Å². The van der Waals surface area contributed by atoms with Crippen molar-refractivity contribution in [3.63, 3.8) is 0 Å². The number of amides is 1. The second-order valence-electron chi connectivity index (χ2n) is 5.28. The van der Waals surface area contributed by atoms with E-state index in [2.05, 4.69) is 27.3 Å². The summed E-state index contributed by atoms with van der Waals surface area (Å²) in [5.41, 5.74) is -0.700. The number of aryl methyl sites for hydroxylation is 1. The molecule has 110 valence electrons. The molecule has 1 heterocycles. The van der Waals surface area contributed by atoms with Crippen LogP contribution in [0.4, 0.5) is 0 Å². The van der Waals surface area contributed by atoms with Crippen LogP contribution in [-0.2, 0) is 16.0 Å². The average molecular weight is 360 g/mol. The van der Waals surface area contributed by atoms with Crippen molar-refractivity contribution in [2.75, 3.05) is 6.54 Å². The molecule has 20 heavy (non-hydrogen) atoms. The van der Waals surface area contributed by atoms with Crippen molar-refractivity contribution >= 4 is 39.1 Å². The Balaban J connectivity index is 1.67. The van der Waals surface area contributed by atoms with Gasteiger partial charge < -0.3 is 10.4 Å². The molecule has 0 spiro atoms. The van der Waals surface area contributed by atoms with E-state index in [1.54, 1.807) is 11.3 Å². The minimum atomic E-state index is -0.785. The quantitative estimate of drug-likeness (QED) is 0.785. The number of carbonyl (C=O) groups excluding carboxylic acids is 1. The number of hydrogen-bond acceptors (Lipinski definition) is 3. The highest BCUT2D eigenvalue weighted by Gasteiger charge is 2.44. The van der Waals surface area contributed by atoms with Crippen LogP contribution in [0.5, 0.6) is 0 Å². The summed E-state index contributed by atoms with van der Waals surface area (Å²) in [6.07, 6.45) is 4.41. The van der Waals surface area contributed by atoms with Gasteiger partial charge in [-0.2, -0.15) is 0 Å². The van der Waals surface area contributed by atoms with Gasteiger partial charge in [0.25, 0.3) is 0 Å². The van der Waals surface area contributed by atoms with Crippen LogP contribution in [0.2, 0.25) is 0 Å². The maximum atomic E-state index is 11.7. The lowest BCUT2D eigenvalue weighted by Gasteiger charge is -2.37. The molecule has 0 bridgehead atoms. The topological polar surface area (TPSA) is 66.4 Å². The van der Waals surface area contributed by atoms with E-state index in [-0.39, 0.29) is 12.5 Å². The molecule has 0 radical (unpaired) electrons. The van der Waals surface area contributed by atoms with E-state index < -0.39 is 11.4 Å². The van der Waals surface area contributed by atoms with E-state index in [1.807, 2.05) is 6.07 Å². The molecule has 1 aromatic heterocycles. The van der Waals surface area contributed by atoms with Gasteiger partial charge in [0.1, 0.15) is 0 Å². The van der Waals surface area contributed by atoms with Crippen molar-refractivity contribution in [3.05, 3.63) is 20.8 Å². The second-order valence-corrected chi connectivity index (χ2v) is 7.82. The fraction of sp³-hybridized carbons (Fsp3) is 0.571. The number of carbonyl (C=O) groups is 2. The number of aliphatic carboxylic acids is 1. The summed E-state index contributed by atoms with van der Waals surface area (Å²) >= 11 is 5.09. The fourth-order valence-corrected chi connectivity index (χ4v) is 3.86. The Hall–Kier alpha value is -0.880. The highest BCUT2D eigenvalue weighted by atomic mass is 79.9. The molecule has 1 aliphatic carbocycles. The van der Waals surface area contributed by atoms with Crippen LogP contribution >= 0.6 is 27.3 Å². The van der Waals surface area contributed by atoms with Crippen molar-refractivity contribution in [2.24, 2.45) is 5.41 Å². The molecule has 2 rings (SSSR count). The predicted octanol–water partition coefficient (Wildman–Crippen LogP) is 3.20. The van der Waals surface area contributed by atoms with Crippen LogP contribution in [0.25, 0.3) is 0 Å². The summed E-state index contributed by atoms with van der Waals surface area (Å²) in [6, 6.07) is 4.06. The number of carboxylic acids is 1. The molecule has 1 saturated carbocycles. The number of thiophene rings is 1. The van der Waals surface area contributed by atoms with E-state index in [1.165, 1.54) is 4.88 Å². The van der Waals surface area contributed by atoms with Crippen molar-refractivity contribution in [1.82, 2.24) is 5.32 Å². The van der Waals surface area contributed by atoms with Gasteiger partial charge in [0.05, 0.1) is 9.20 Å². The second kappa shape index (κ2) is 6.72. The first kappa shape index (κ1) is 15.5. The van der Waals surface area contributed by atoms with E-state index in [0.29, 0.717) is 19.3 Å². The number of hydrogen-bond donors (Lipinski definition) is 2. The van der Waals surface area contributed by atoms with Gasteiger partial charge in [0.2, 0.25) is 5.91 Å². The number of rotatable bonds is 7. The number of carboxylic acid groups (broad SMARTS) is 1. The minimum Gasteiger partial charge on any atom is -0.481 e. The average Bonchev–Trinajstić information content (AvgIpc) is 2.73. The van der Waals surface area contributed by atoms with Gasteiger partial charge in [-0.05, 0) is 53.7 Å². The molecule has 0 unspecified atom stereocenters. The predicted molar refractivity (Wildman–Crippen MR) is 81.9 cm³/mol. The summed E-state index contributed by atoms with van der Waals surface area (Å²) in [5.74, 6) is -0.833. The van der Waals surface area contributed by atoms with Gasteiger partial charge in [0.15, 0.2) is 0 Å². The maximum Gasteiger partial charge on any atom is 0.311 e. The Morgan fingerprint density at radius 3 is 2.65 bits per heavy atom. The smallest absolute Gasteiger partial charge is 0.311 e.